The monoisotopic (exact) mass is 589 g/mol. The number of amides is 1. The molecule has 3 aromatic rings. The summed E-state index contributed by atoms with van der Waals surface area (Å²) in [5.74, 6) is -0.585. The zero-order valence-corrected chi connectivity index (χ0v) is 23.7. The normalized spacial score (nSPS) is 18.7. The van der Waals surface area contributed by atoms with Crippen LogP contribution in [0.1, 0.15) is 37.6 Å². The van der Waals surface area contributed by atoms with Crippen LogP contribution in [-0.2, 0) is 17.1 Å². The van der Waals surface area contributed by atoms with Gasteiger partial charge in [0.1, 0.15) is 16.7 Å². The number of aromatic nitrogens is 5. The summed E-state index contributed by atoms with van der Waals surface area (Å²) in [5, 5.41) is 8.02. The van der Waals surface area contributed by atoms with E-state index in [0.717, 1.165) is 18.9 Å². The van der Waals surface area contributed by atoms with Crippen molar-refractivity contribution in [3.8, 4) is 11.7 Å². The lowest BCUT2D eigenvalue weighted by Crippen LogP contribution is -2.41. The molecule has 4 heterocycles. The van der Waals surface area contributed by atoms with E-state index >= 15 is 0 Å². The van der Waals surface area contributed by atoms with E-state index in [-0.39, 0.29) is 33.9 Å². The van der Waals surface area contributed by atoms with E-state index in [9.17, 15) is 26.4 Å². The molecule has 0 saturated carbocycles. The summed E-state index contributed by atoms with van der Waals surface area (Å²) in [4.78, 5) is 19.7. The highest BCUT2D eigenvalue weighted by atomic mass is 32.2. The maximum absolute atomic E-state index is 13.3. The number of thiol groups is 1. The first kappa shape index (κ1) is 28.7. The summed E-state index contributed by atoms with van der Waals surface area (Å²) in [6, 6.07) is 4.34. The van der Waals surface area contributed by atoms with Gasteiger partial charge in [-0.15, -0.1) is 16.0 Å². The summed E-state index contributed by atoms with van der Waals surface area (Å²) in [7, 11) is -4.98. The van der Waals surface area contributed by atoms with Crippen molar-refractivity contribution in [2.75, 3.05) is 23.6 Å². The maximum Gasteiger partial charge on any atom is 0.426 e. The molecule has 4 rings (SSSR count). The lowest BCUT2D eigenvalue weighted by atomic mass is 9.97. The number of hydrogen-bond donors (Lipinski definition) is 2. The predicted molar refractivity (Wildman–Crippen MR) is 141 cm³/mol. The van der Waals surface area contributed by atoms with Gasteiger partial charge in [-0.2, -0.15) is 18.3 Å². The van der Waals surface area contributed by atoms with Gasteiger partial charge in [0.15, 0.2) is 5.82 Å². The number of hydrogen-bond acceptors (Lipinski definition) is 8. The zero-order chi connectivity index (χ0) is 28.8. The number of aryl methyl sites for hydroxylation is 1. The molecule has 0 aliphatic carbocycles. The van der Waals surface area contributed by atoms with Gasteiger partial charge >= 0.3 is 5.51 Å². The molecule has 2 atom stereocenters. The molecular formula is C23H30F3N7O4S2. The Hall–Kier alpha value is -3.27. The lowest BCUT2D eigenvalue weighted by molar-refractivity contribution is -0.0360. The Labute approximate surface area is 226 Å². The van der Waals surface area contributed by atoms with Crippen LogP contribution in [0.5, 0.6) is 5.88 Å². The van der Waals surface area contributed by atoms with Crippen LogP contribution >= 0.6 is 10.9 Å². The Bertz CT molecular complexity index is 1470. The molecule has 0 aromatic carbocycles. The fourth-order valence-corrected chi connectivity index (χ4v) is 5.85. The molecule has 39 heavy (non-hydrogen) atoms. The number of pyridine rings is 1. The van der Waals surface area contributed by atoms with Crippen molar-refractivity contribution in [3.05, 3.63) is 42.4 Å². The Morgan fingerprint density at radius 2 is 2.00 bits per heavy atom. The van der Waals surface area contributed by atoms with Crippen LogP contribution in [0.4, 0.5) is 19.0 Å². The van der Waals surface area contributed by atoms with E-state index in [1.54, 1.807) is 7.05 Å². The first-order valence-electron chi connectivity index (χ1n) is 11.9. The minimum atomic E-state index is -4.32. The number of carbonyl (C=O) groups is 1. The second-order valence-corrected chi connectivity index (χ2v) is 13.9. The molecule has 1 N–H and O–H groups in total. The van der Waals surface area contributed by atoms with Gasteiger partial charge in [-0.1, -0.05) is 6.92 Å². The Balaban J connectivity index is 1.66. The average molecular weight is 590 g/mol. The smallest absolute Gasteiger partial charge is 0.426 e. The van der Waals surface area contributed by atoms with Crippen LogP contribution in [0.2, 0.25) is 0 Å². The molecular weight excluding hydrogens is 559 g/mol. The molecule has 0 bridgehead atoms. The first-order chi connectivity index (χ1) is 18.1. The van der Waals surface area contributed by atoms with E-state index in [2.05, 4.69) is 26.8 Å². The summed E-state index contributed by atoms with van der Waals surface area (Å²) >= 11 is 0. The van der Waals surface area contributed by atoms with Gasteiger partial charge < -0.3 is 9.64 Å². The van der Waals surface area contributed by atoms with Crippen LogP contribution in [0.15, 0.2) is 41.7 Å². The fraction of sp³-hybridized carbons (Fsp3) is 0.478. The van der Waals surface area contributed by atoms with Crippen LogP contribution in [0.3, 0.4) is 0 Å². The minimum absolute atomic E-state index is 0.00328. The van der Waals surface area contributed by atoms with Crippen molar-refractivity contribution in [2.24, 2.45) is 13.0 Å². The van der Waals surface area contributed by atoms with Crippen LogP contribution in [0.25, 0.3) is 5.82 Å². The number of ether oxygens (including phenoxy) is 1. The molecule has 214 valence electrons. The van der Waals surface area contributed by atoms with Crippen molar-refractivity contribution >= 4 is 32.6 Å². The van der Waals surface area contributed by atoms with E-state index in [1.807, 2.05) is 18.7 Å². The van der Waals surface area contributed by atoms with Crippen LogP contribution in [-0.4, -0.2) is 68.7 Å². The summed E-state index contributed by atoms with van der Waals surface area (Å²) in [5.41, 5.74) is -4.68. The van der Waals surface area contributed by atoms with Crippen molar-refractivity contribution < 1.29 is 31.1 Å². The Kier molecular flexibility index (Phi) is 7.64. The Morgan fingerprint density at radius 3 is 2.59 bits per heavy atom. The van der Waals surface area contributed by atoms with Gasteiger partial charge in [0.25, 0.3) is 15.9 Å². The number of carbonyl (C=O) groups excluding carboxylic acids is 1. The molecule has 0 radical (unpaired) electrons. The summed E-state index contributed by atoms with van der Waals surface area (Å²) < 4.78 is 74.1. The van der Waals surface area contributed by atoms with Gasteiger partial charge in [-0.05, 0) is 44.6 Å². The molecule has 1 aliphatic heterocycles. The highest BCUT2D eigenvalue weighted by Gasteiger charge is 2.39. The van der Waals surface area contributed by atoms with Crippen molar-refractivity contribution in [3.63, 3.8) is 0 Å². The quantitative estimate of drug-likeness (QED) is 0.384. The average Bonchev–Trinajstić information content (AvgIpc) is 3.54. The lowest BCUT2D eigenvalue weighted by Gasteiger charge is -2.34. The largest absolute Gasteiger partial charge is 0.467 e. The van der Waals surface area contributed by atoms with Crippen LogP contribution in [0, 0.1) is 5.92 Å². The molecule has 1 unspecified atom stereocenters. The highest BCUT2D eigenvalue weighted by molar-refractivity contribution is 8.17. The minimum Gasteiger partial charge on any atom is -0.467 e. The number of rotatable bonds is 8. The second kappa shape index (κ2) is 10.4. The Morgan fingerprint density at radius 1 is 1.28 bits per heavy atom. The summed E-state index contributed by atoms with van der Waals surface area (Å²) in [6.45, 7) is 6.65. The molecule has 0 spiro atoms. The van der Waals surface area contributed by atoms with Gasteiger partial charge in [0, 0.05) is 37.6 Å². The molecule has 1 amide bonds. The predicted octanol–water partition coefficient (Wildman–Crippen LogP) is 3.23. The van der Waals surface area contributed by atoms with Crippen molar-refractivity contribution in [1.29, 1.82) is 0 Å². The van der Waals surface area contributed by atoms with Gasteiger partial charge in [-0.25, -0.2) is 22.8 Å². The van der Waals surface area contributed by atoms with Gasteiger partial charge in [0.2, 0.25) is 5.88 Å². The van der Waals surface area contributed by atoms with E-state index < -0.39 is 43.8 Å². The number of nitrogens with one attached hydrogen (secondary N) is 1. The molecule has 1 saturated heterocycles. The molecule has 3 aromatic heterocycles. The number of sulfonamides is 1. The van der Waals surface area contributed by atoms with Crippen LogP contribution < -0.4 is 14.4 Å². The van der Waals surface area contributed by atoms with Gasteiger partial charge in [0.05, 0.1) is 11.8 Å². The fourth-order valence-electron chi connectivity index (χ4n) is 4.43. The van der Waals surface area contributed by atoms with Gasteiger partial charge in [-0.3, -0.25) is 9.48 Å². The summed E-state index contributed by atoms with van der Waals surface area (Å²) in [6.07, 6.45) is 5.79. The van der Waals surface area contributed by atoms with Crippen molar-refractivity contribution in [2.45, 2.75) is 43.1 Å². The van der Waals surface area contributed by atoms with E-state index in [4.69, 9.17) is 4.74 Å². The number of anilines is 1. The van der Waals surface area contributed by atoms with E-state index in [1.165, 1.54) is 40.0 Å². The topological polar surface area (TPSA) is 124 Å². The maximum atomic E-state index is 13.3. The standard InChI is InChI=1S/C23H30F3N7O4S2/c1-15-10-22(2,3)32(12-15)20-17(21(34)30-39(35,36)16-11-27-31(4)13-16)6-7-18(28-20)33-9-8-19(29-33)37-14-38(5)23(24,25)26/h6-9,11,13,15,38H,10,12,14H2,1-5H3,(H,30,34)/t15-/m0/s1. The first-order valence-corrected chi connectivity index (χ1v) is 15.3. The highest BCUT2D eigenvalue weighted by Crippen LogP contribution is 2.42. The third kappa shape index (κ3) is 6.32. The number of halogens is 3. The molecule has 1 aliphatic rings. The molecule has 1 fully saturated rings. The second-order valence-electron chi connectivity index (χ2n) is 10.1. The molecule has 16 heteroatoms. The number of nitrogens with zero attached hydrogens (tertiary/aromatic N) is 6. The van der Waals surface area contributed by atoms with E-state index in [0.29, 0.717) is 6.54 Å². The molecule has 11 nitrogen and oxygen atoms in total. The SMILES string of the molecule is C[C@@H]1CN(c2nc(-n3ccc(OC[SH](C)C(F)(F)F)n3)ccc2C(=O)NS(=O)(=O)c2cnn(C)c2)C(C)(C)C1. The third-order valence-electron chi connectivity index (χ3n) is 6.29. The van der Waals surface area contributed by atoms with Crippen molar-refractivity contribution in [1.82, 2.24) is 29.3 Å². The number of alkyl halides is 3. The zero-order valence-electron chi connectivity index (χ0n) is 22.0. The third-order valence-corrected chi connectivity index (χ3v) is 8.96.